The molecule has 2 aliphatic carbocycles. The van der Waals surface area contributed by atoms with Crippen molar-refractivity contribution in [3.63, 3.8) is 0 Å². The molecule has 6 heteroatoms. The van der Waals surface area contributed by atoms with Gasteiger partial charge in [0.2, 0.25) is 0 Å². The molecule has 2 fully saturated rings. The van der Waals surface area contributed by atoms with Gasteiger partial charge in [-0.1, -0.05) is 24.3 Å². The fourth-order valence-corrected chi connectivity index (χ4v) is 3.66. The molecule has 1 heterocycles. The topological polar surface area (TPSA) is 66.9 Å². The molecule has 2 N–H and O–H groups in total. The molecule has 0 radical (unpaired) electrons. The second-order valence-corrected chi connectivity index (χ2v) is 8.03. The van der Waals surface area contributed by atoms with Crippen LogP contribution in [0.15, 0.2) is 67.0 Å². The fourth-order valence-electron chi connectivity index (χ4n) is 3.66. The number of halogens is 1. The molecule has 154 valence electrons. The van der Waals surface area contributed by atoms with E-state index in [2.05, 4.69) is 32.7 Å². The van der Waals surface area contributed by atoms with Crippen molar-refractivity contribution in [3.05, 3.63) is 78.1 Å². The molecule has 2 saturated carbocycles. The molecule has 5 rings (SSSR count). The van der Waals surface area contributed by atoms with E-state index in [4.69, 9.17) is 0 Å². The molecule has 2 atom stereocenters. The summed E-state index contributed by atoms with van der Waals surface area (Å²) in [6.07, 6.45) is 7.41. The zero-order valence-corrected chi connectivity index (χ0v) is 17.4. The Hall–Kier alpha value is -2.76. The molecule has 1 aromatic heterocycles. The molecule has 5 nitrogen and oxygen atoms in total. The van der Waals surface area contributed by atoms with Crippen molar-refractivity contribution < 1.29 is 4.79 Å². The van der Waals surface area contributed by atoms with Crippen LogP contribution in [-0.2, 0) is 0 Å². The lowest BCUT2D eigenvalue weighted by Gasteiger charge is -2.08. The Morgan fingerprint density at radius 1 is 0.967 bits per heavy atom. The number of nitrogens with zero attached hydrogens (tertiary/aromatic N) is 2. The third kappa shape index (κ3) is 4.86. The van der Waals surface area contributed by atoms with Gasteiger partial charge in [-0.2, -0.15) is 0 Å². The quantitative estimate of drug-likeness (QED) is 0.582. The van der Waals surface area contributed by atoms with E-state index in [1.54, 1.807) is 30.6 Å². The van der Waals surface area contributed by atoms with Gasteiger partial charge in [0, 0.05) is 41.2 Å². The molecular weight excluding hydrogens is 396 g/mol. The van der Waals surface area contributed by atoms with Crippen LogP contribution in [0.1, 0.15) is 41.1 Å². The van der Waals surface area contributed by atoms with Crippen molar-refractivity contribution in [2.24, 2.45) is 5.92 Å². The molecule has 2 aromatic carbocycles. The first-order chi connectivity index (χ1) is 14.3. The lowest BCUT2D eigenvalue weighted by Crippen LogP contribution is -2.20. The Bertz CT molecular complexity index is 988. The number of anilines is 1. The lowest BCUT2D eigenvalue weighted by molar-refractivity contribution is 0.102. The van der Waals surface area contributed by atoms with Gasteiger partial charge in [-0.05, 0) is 67.6 Å². The molecule has 3 aromatic rings. The number of carbonyl (C=O) groups excluding carboxylic acids is 1. The van der Waals surface area contributed by atoms with Crippen LogP contribution in [0, 0.1) is 5.92 Å². The van der Waals surface area contributed by atoms with Crippen LogP contribution in [0.4, 0.5) is 5.69 Å². The van der Waals surface area contributed by atoms with Gasteiger partial charge >= 0.3 is 0 Å². The predicted octanol–water partition coefficient (Wildman–Crippen LogP) is 4.67. The van der Waals surface area contributed by atoms with Crippen LogP contribution in [-0.4, -0.2) is 28.5 Å². The number of amides is 1. The number of nitrogens with one attached hydrogen (secondary N) is 2. The number of benzene rings is 2. The average molecular weight is 421 g/mol. The number of aromatic nitrogens is 2. The predicted molar refractivity (Wildman–Crippen MR) is 121 cm³/mol. The van der Waals surface area contributed by atoms with Gasteiger partial charge in [0.25, 0.3) is 5.91 Å². The monoisotopic (exact) mass is 420 g/mol. The van der Waals surface area contributed by atoms with E-state index in [9.17, 15) is 4.79 Å². The molecule has 1 amide bonds. The van der Waals surface area contributed by atoms with Crippen LogP contribution >= 0.6 is 12.4 Å². The van der Waals surface area contributed by atoms with E-state index in [1.165, 1.54) is 31.4 Å². The van der Waals surface area contributed by atoms with E-state index in [-0.39, 0.29) is 18.3 Å². The number of hydrogen-bond acceptors (Lipinski definition) is 4. The summed E-state index contributed by atoms with van der Waals surface area (Å²) in [5.41, 5.74) is 3.67. The lowest BCUT2D eigenvalue weighted by atomic mass is 10.1. The maximum atomic E-state index is 12.5. The number of rotatable bonds is 7. The summed E-state index contributed by atoms with van der Waals surface area (Å²) < 4.78 is 0. The maximum absolute atomic E-state index is 12.5. The third-order valence-electron chi connectivity index (χ3n) is 5.72. The first-order valence-corrected chi connectivity index (χ1v) is 10.3. The van der Waals surface area contributed by atoms with Crippen LogP contribution in [0.5, 0.6) is 0 Å². The highest BCUT2D eigenvalue weighted by Crippen LogP contribution is 2.41. The summed E-state index contributed by atoms with van der Waals surface area (Å²) in [6, 6.07) is 18.0. The Labute approximate surface area is 182 Å². The van der Waals surface area contributed by atoms with Crippen molar-refractivity contribution >= 4 is 24.0 Å². The Morgan fingerprint density at radius 2 is 1.67 bits per heavy atom. The summed E-state index contributed by atoms with van der Waals surface area (Å²) in [7, 11) is 0. The van der Waals surface area contributed by atoms with E-state index in [0.29, 0.717) is 23.3 Å². The van der Waals surface area contributed by atoms with Gasteiger partial charge in [-0.25, -0.2) is 9.97 Å². The highest BCUT2D eigenvalue weighted by molar-refractivity contribution is 6.04. The Balaban J connectivity index is 0.00000218. The van der Waals surface area contributed by atoms with Crippen molar-refractivity contribution in [2.75, 3.05) is 11.9 Å². The summed E-state index contributed by atoms with van der Waals surface area (Å²) in [5, 5.41) is 6.65. The second-order valence-electron chi connectivity index (χ2n) is 8.03. The van der Waals surface area contributed by atoms with Crippen LogP contribution in [0.3, 0.4) is 0 Å². The number of carbonyl (C=O) groups is 1. The highest BCUT2D eigenvalue weighted by Gasteiger charge is 2.38. The summed E-state index contributed by atoms with van der Waals surface area (Å²) in [4.78, 5) is 21.0. The van der Waals surface area contributed by atoms with E-state index in [0.717, 1.165) is 17.2 Å². The maximum Gasteiger partial charge on any atom is 0.255 e. The highest BCUT2D eigenvalue weighted by atomic mass is 35.5. The molecule has 0 bridgehead atoms. The van der Waals surface area contributed by atoms with Gasteiger partial charge in [-0.15, -0.1) is 12.4 Å². The molecule has 0 saturated heterocycles. The van der Waals surface area contributed by atoms with E-state index in [1.807, 2.05) is 24.3 Å². The van der Waals surface area contributed by atoms with E-state index >= 15 is 0 Å². The molecular formula is C24H25ClN4O. The standard InChI is InChI=1S/C24H24N4O.ClH/c29-24(19-6-4-18(5-7-19)23-25-12-1-13-26-23)28-20-10-8-17(9-11-20)21-14-22(21)27-15-16-2-3-16;/h1,4-13,16,21-22,27H,2-3,14-15H2,(H,28,29);1H/t21-,22+;/m0./s1. The fraction of sp³-hybridized carbons (Fsp3) is 0.292. The second kappa shape index (κ2) is 8.94. The first-order valence-electron chi connectivity index (χ1n) is 10.3. The van der Waals surface area contributed by atoms with Gasteiger partial charge < -0.3 is 10.6 Å². The van der Waals surface area contributed by atoms with Crippen LogP contribution in [0.2, 0.25) is 0 Å². The smallest absolute Gasteiger partial charge is 0.255 e. The van der Waals surface area contributed by atoms with Crippen LogP contribution in [0.25, 0.3) is 11.4 Å². The number of hydrogen-bond donors (Lipinski definition) is 2. The normalized spacial score (nSPS) is 19.6. The third-order valence-corrected chi connectivity index (χ3v) is 5.72. The Kier molecular flexibility index (Phi) is 6.11. The molecule has 30 heavy (non-hydrogen) atoms. The minimum absolute atomic E-state index is 0. The summed E-state index contributed by atoms with van der Waals surface area (Å²) >= 11 is 0. The molecule has 0 aliphatic heterocycles. The largest absolute Gasteiger partial charge is 0.322 e. The van der Waals surface area contributed by atoms with Crippen molar-refractivity contribution in [1.29, 1.82) is 0 Å². The van der Waals surface area contributed by atoms with Gasteiger partial charge in [0.1, 0.15) is 0 Å². The van der Waals surface area contributed by atoms with Crippen molar-refractivity contribution in [2.45, 2.75) is 31.2 Å². The molecule has 0 spiro atoms. The SMILES string of the molecule is Cl.O=C(Nc1ccc([C@@H]2C[C@H]2NCC2CC2)cc1)c1ccc(-c2ncccn2)cc1. The summed E-state index contributed by atoms with van der Waals surface area (Å²) in [5.74, 6) is 2.07. The zero-order chi connectivity index (χ0) is 19.6. The first kappa shape index (κ1) is 20.5. The molecule has 0 unspecified atom stereocenters. The van der Waals surface area contributed by atoms with Gasteiger partial charge in [-0.3, -0.25) is 4.79 Å². The summed E-state index contributed by atoms with van der Waals surface area (Å²) in [6.45, 7) is 1.17. The van der Waals surface area contributed by atoms with Crippen molar-refractivity contribution in [3.8, 4) is 11.4 Å². The van der Waals surface area contributed by atoms with Gasteiger partial charge in [0.05, 0.1) is 0 Å². The average Bonchev–Trinajstić information content (AvgIpc) is 3.69. The van der Waals surface area contributed by atoms with Crippen molar-refractivity contribution in [1.82, 2.24) is 15.3 Å². The Morgan fingerprint density at radius 3 is 2.33 bits per heavy atom. The minimum Gasteiger partial charge on any atom is -0.322 e. The minimum atomic E-state index is -0.117. The van der Waals surface area contributed by atoms with E-state index < -0.39 is 0 Å². The zero-order valence-electron chi connectivity index (χ0n) is 16.6. The van der Waals surface area contributed by atoms with Crippen LogP contribution < -0.4 is 10.6 Å². The molecule has 2 aliphatic rings. The van der Waals surface area contributed by atoms with Gasteiger partial charge in [0.15, 0.2) is 5.82 Å².